The van der Waals surface area contributed by atoms with E-state index in [0.29, 0.717) is 25.4 Å². The van der Waals surface area contributed by atoms with Gasteiger partial charge in [-0.1, -0.05) is 6.07 Å². The van der Waals surface area contributed by atoms with Crippen LogP contribution in [0.4, 0.5) is 4.79 Å². The number of aliphatic hydroxyl groups is 1. The molecule has 0 bridgehead atoms. The van der Waals surface area contributed by atoms with Crippen LogP contribution in [-0.2, 0) is 0 Å². The first-order valence-electron chi connectivity index (χ1n) is 6.30. The van der Waals surface area contributed by atoms with Crippen LogP contribution < -0.4 is 21.1 Å². The molecule has 7 heteroatoms. The predicted molar refractivity (Wildman–Crippen MR) is 80.8 cm³/mol. The summed E-state index contributed by atoms with van der Waals surface area (Å²) in [5.74, 6) is 0.699. The molecule has 0 saturated heterocycles. The molecule has 0 aliphatic carbocycles. The minimum Gasteiger partial charge on any atom is -0.490 e. The minimum atomic E-state index is -0.628. The summed E-state index contributed by atoms with van der Waals surface area (Å²) in [6.07, 6.45) is -0.628. The highest BCUT2D eigenvalue weighted by Gasteiger charge is 2.07. The van der Waals surface area contributed by atoms with Crippen LogP contribution in [0.2, 0.25) is 0 Å². The number of benzene rings is 1. The summed E-state index contributed by atoms with van der Waals surface area (Å²) < 4.78 is 6.39. The number of carbonyl (C=O) groups is 1. The number of hydrogen-bond acceptors (Lipinski definition) is 4. The summed E-state index contributed by atoms with van der Waals surface area (Å²) in [5.41, 5.74) is 6.05. The van der Waals surface area contributed by atoms with Crippen molar-refractivity contribution < 1.29 is 14.6 Å². The van der Waals surface area contributed by atoms with Crippen molar-refractivity contribution in [3.63, 3.8) is 0 Å². The number of hydrogen-bond donors (Lipinski definition) is 4. The van der Waals surface area contributed by atoms with Gasteiger partial charge in [0, 0.05) is 19.6 Å². The van der Waals surface area contributed by atoms with Gasteiger partial charge in [0.05, 0.1) is 4.47 Å². The lowest BCUT2D eigenvalue weighted by atomic mass is 10.2. The van der Waals surface area contributed by atoms with Gasteiger partial charge in [-0.2, -0.15) is 0 Å². The second kappa shape index (κ2) is 8.78. The summed E-state index contributed by atoms with van der Waals surface area (Å²) in [7, 11) is 0. The fourth-order valence-electron chi connectivity index (χ4n) is 1.51. The van der Waals surface area contributed by atoms with Gasteiger partial charge >= 0.3 is 6.03 Å². The molecule has 0 radical (unpaired) electrons. The second-order valence-corrected chi connectivity index (χ2v) is 5.25. The third kappa shape index (κ3) is 6.74. The van der Waals surface area contributed by atoms with E-state index in [1.54, 1.807) is 0 Å². The van der Waals surface area contributed by atoms with Crippen LogP contribution in [0, 0.1) is 6.92 Å². The molecule has 0 aliphatic heterocycles. The molecule has 0 fully saturated rings. The molecule has 0 spiro atoms. The first-order valence-corrected chi connectivity index (χ1v) is 7.09. The number of halogens is 1. The average molecular weight is 346 g/mol. The zero-order chi connectivity index (χ0) is 15.0. The lowest BCUT2D eigenvalue weighted by Crippen LogP contribution is -2.38. The fourth-order valence-corrected chi connectivity index (χ4v) is 2.12. The molecule has 1 atom stereocenters. The number of nitrogens with two attached hydrogens (primary N) is 1. The molecule has 2 amide bonds. The highest BCUT2D eigenvalue weighted by molar-refractivity contribution is 9.10. The smallest absolute Gasteiger partial charge is 0.312 e. The van der Waals surface area contributed by atoms with E-state index in [-0.39, 0.29) is 6.61 Å². The molecule has 112 valence electrons. The Kier molecular flexibility index (Phi) is 7.35. The van der Waals surface area contributed by atoms with Crippen molar-refractivity contribution in [3.05, 3.63) is 28.2 Å². The van der Waals surface area contributed by atoms with Crippen molar-refractivity contribution in [1.82, 2.24) is 10.6 Å². The monoisotopic (exact) mass is 345 g/mol. The van der Waals surface area contributed by atoms with E-state index in [2.05, 4.69) is 26.6 Å². The van der Waals surface area contributed by atoms with Gasteiger partial charge in [-0.05, 0) is 40.5 Å². The topological polar surface area (TPSA) is 96.6 Å². The van der Waals surface area contributed by atoms with Crippen LogP contribution in [0.1, 0.15) is 5.56 Å². The summed E-state index contributed by atoms with van der Waals surface area (Å²) >= 11 is 3.41. The zero-order valence-electron chi connectivity index (χ0n) is 11.4. The molecule has 1 aromatic carbocycles. The Balaban J connectivity index is 2.19. The van der Waals surface area contributed by atoms with Crippen LogP contribution in [0.25, 0.3) is 0 Å². The zero-order valence-corrected chi connectivity index (χ0v) is 12.9. The minimum absolute atomic E-state index is 0.192. The van der Waals surface area contributed by atoms with Crippen LogP contribution in [0.15, 0.2) is 22.7 Å². The van der Waals surface area contributed by atoms with Crippen LogP contribution in [0.3, 0.4) is 0 Å². The summed E-state index contributed by atoms with van der Waals surface area (Å²) in [4.78, 5) is 10.4. The predicted octanol–water partition coefficient (Wildman–Crippen LogP) is 0.755. The first-order chi connectivity index (χ1) is 9.49. The molecule has 0 aliphatic rings. The second-order valence-electron chi connectivity index (χ2n) is 4.39. The van der Waals surface area contributed by atoms with Gasteiger partial charge in [-0.3, -0.25) is 0 Å². The van der Waals surface area contributed by atoms with Gasteiger partial charge in [0.2, 0.25) is 0 Å². The van der Waals surface area contributed by atoms with E-state index >= 15 is 0 Å². The van der Waals surface area contributed by atoms with E-state index in [0.717, 1.165) is 10.0 Å². The number of primary amides is 1. The van der Waals surface area contributed by atoms with Gasteiger partial charge in [0.1, 0.15) is 18.5 Å². The Hall–Kier alpha value is -1.31. The number of aryl methyl sites for hydroxylation is 1. The first kappa shape index (κ1) is 16.7. The molecule has 5 N–H and O–H groups in total. The van der Waals surface area contributed by atoms with Gasteiger partial charge in [-0.15, -0.1) is 0 Å². The van der Waals surface area contributed by atoms with E-state index < -0.39 is 12.1 Å². The molecule has 0 saturated carbocycles. The SMILES string of the molecule is Cc1ccc(OCC(O)CNCCNC(N)=O)c(Br)c1. The standard InChI is InChI=1S/C13H20BrN3O3/c1-9-2-3-12(11(14)6-9)20-8-10(18)7-16-4-5-17-13(15)19/h2-3,6,10,16,18H,4-5,7-8H2,1H3,(H3,15,17,19). The Morgan fingerprint density at radius 3 is 2.90 bits per heavy atom. The highest BCUT2D eigenvalue weighted by atomic mass is 79.9. The number of ether oxygens (including phenoxy) is 1. The Labute approximate surface area is 126 Å². The lowest BCUT2D eigenvalue weighted by molar-refractivity contribution is 0.106. The van der Waals surface area contributed by atoms with E-state index in [4.69, 9.17) is 10.5 Å². The number of amides is 2. The van der Waals surface area contributed by atoms with Crippen LogP contribution in [-0.4, -0.2) is 43.5 Å². The van der Waals surface area contributed by atoms with Crippen LogP contribution >= 0.6 is 15.9 Å². The van der Waals surface area contributed by atoms with Crippen molar-refractivity contribution in [3.8, 4) is 5.75 Å². The Bertz CT molecular complexity index is 443. The molecule has 1 aromatic rings. The Morgan fingerprint density at radius 2 is 2.25 bits per heavy atom. The molecule has 1 unspecified atom stereocenters. The van der Waals surface area contributed by atoms with Gasteiger partial charge < -0.3 is 26.2 Å². The van der Waals surface area contributed by atoms with Gasteiger partial charge in [0.15, 0.2) is 0 Å². The van der Waals surface area contributed by atoms with Crippen molar-refractivity contribution >= 4 is 22.0 Å². The van der Waals surface area contributed by atoms with Gasteiger partial charge in [-0.25, -0.2) is 4.79 Å². The molecule has 0 aromatic heterocycles. The summed E-state index contributed by atoms with van der Waals surface area (Å²) in [5, 5.41) is 15.2. The van der Waals surface area contributed by atoms with E-state index in [9.17, 15) is 9.90 Å². The number of aliphatic hydroxyl groups excluding tert-OH is 1. The maximum atomic E-state index is 10.4. The largest absolute Gasteiger partial charge is 0.490 e. The highest BCUT2D eigenvalue weighted by Crippen LogP contribution is 2.25. The summed E-state index contributed by atoms with van der Waals surface area (Å²) in [6.45, 7) is 3.52. The number of nitrogens with one attached hydrogen (secondary N) is 2. The van der Waals surface area contributed by atoms with Crippen molar-refractivity contribution in [2.75, 3.05) is 26.2 Å². The molecule has 0 heterocycles. The molecule has 6 nitrogen and oxygen atoms in total. The van der Waals surface area contributed by atoms with Crippen molar-refractivity contribution in [1.29, 1.82) is 0 Å². The maximum Gasteiger partial charge on any atom is 0.312 e. The third-order valence-corrected chi connectivity index (χ3v) is 3.12. The molecule has 20 heavy (non-hydrogen) atoms. The average Bonchev–Trinajstić information content (AvgIpc) is 2.37. The van der Waals surface area contributed by atoms with E-state index in [1.165, 1.54) is 0 Å². The maximum absolute atomic E-state index is 10.4. The molecular formula is C13H20BrN3O3. The number of urea groups is 1. The molecule has 1 rings (SSSR count). The number of rotatable bonds is 8. The normalized spacial score (nSPS) is 11.9. The lowest BCUT2D eigenvalue weighted by Gasteiger charge is -2.14. The fraction of sp³-hybridized carbons (Fsp3) is 0.462. The van der Waals surface area contributed by atoms with E-state index in [1.807, 2.05) is 25.1 Å². The third-order valence-electron chi connectivity index (χ3n) is 2.50. The quantitative estimate of drug-likeness (QED) is 0.523. The Morgan fingerprint density at radius 1 is 1.50 bits per heavy atom. The number of carbonyl (C=O) groups excluding carboxylic acids is 1. The van der Waals surface area contributed by atoms with Gasteiger partial charge in [0.25, 0.3) is 0 Å². The van der Waals surface area contributed by atoms with Crippen LogP contribution in [0.5, 0.6) is 5.75 Å². The van der Waals surface area contributed by atoms with Crippen molar-refractivity contribution in [2.24, 2.45) is 5.73 Å². The summed E-state index contributed by atoms with van der Waals surface area (Å²) in [6, 6.07) is 5.20. The van der Waals surface area contributed by atoms with Crippen molar-refractivity contribution in [2.45, 2.75) is 13.0 Å². The molecular weight excluding hydrogens is 326 g/mol.